The van der Waals surface area contributed by atoms with Gasteiger partial charge < -0.3 is 24.6 Å². The third-order valence-electron chi connectivity index (χ3n) is 4.88. The molecule has 10 heteroatoms. The van der Waals surface area contributed by atoms with E-state index >= 15 is 0 Å². The van der Waals surface area contributed by atoms with E-state index in [1.807, 2.05) is 4.90 Å². The molecule has 168 valence electrons. The van der Waals surface area contributed by atoms with Gasteiger partial charge in [0.2, 0.25) is 0 Å². The number of pyridine rings is 1. The lowest BCUT2D eigenvalue weighted by Gasteiger charge is -2.30. The minimum Gasteiger partial charge on any atom is -0.383 e. The number of nitrogens with one attached hydrogen (secondary N) is 1. The second-order valence-corrected chi connectivity index (χ2v) is 7.03. The van der Waals surface area contributed by atoms with Gasteiger partial charge in [-0.15, -0.1) is 0 Å². The van der Waals surface area contributed by atoms with Gasteiger partial charge in [-0.1, -0.05) is 6.07 Å². The molecule has 1 aromatic carbocycles. The molecular formula is C21H25F3N4O3. The fourth-order valence-corrected chi connectivity index (χ4v) is 3.25. The zero-order valence-corrected chi connectivity index (χ0v) is 17.2. The Morgan fingerprint density at radius 2 is 2.06 bits per heavy atom. The van der Waals surface area contributed by atoms with E-state index < -0.39 is 17.8 Å². The van der Waals surface area contributed by atoms with Crippen molar-refractivity contribution in [3.05, 3.63) is 53.9 Å². The average Bonchev–Trinajstić information content (AvgIpc) is 2.77. The molecule has 1 fully saturated rings. The molecule has 1 N–H and O–H groups in total. The van der Waals surface area contributed by atoms with Gasteiger partial charge in [-0.25, -0.2) is 4.79 Å². The third kappa shape index (κ3) is 6.31. The Hall–Kier alpha value is -2.85. The Kier molecular flexibility index (Phi) is 7.69. The van der Waals surface area contributed by atoms with Gasteiger partial charge >= 0.3 is 12.2 Å². The molecule has 1 aliphatic rings. The summed E-state index contributed by atoms with van der Waals surface area (Å²) in [6, 6.07) is 6.82. The molecule has 1 aromatic heterocycles. The summed E-state index contributed by atoms with van der Waals surface area (Å²) in [5.74, 6) is 0. The highest BCUT2D eigenvalue weighted by molar-refractivity contribution is 5.90. The standard InChI is InChI=1S/C21H25F3N4O3/c1-30-10-7-28(15-16-3-2-6-25-14-16)20(29)26-19-5-4-17(13-18(19)21(22,23)24)27-8-11-31-12-9-27/h2-6,13-14H,7-12,15H2,1H3,(H,26,29). The lowest BCUT2D eigenvalue weighted by atomic mass is 10.1. The first kappa shape index (κ1) is 22.8. The van der Waals surface area contributed by atoms with Crippen LogP contribution in [0, 0.1) is 0 Å². The number of methoxy groups -OCH3 is 1. The summed E-state index contributed by atoms with van der Waals surface area (Å²) in [4.78, 5) is 20.1. The Morgan fingerprint density at radius 1 is 1.29 bits per heavy atom. The first-order valence-electron chi connectivity index (χ1n) is 9.86. The van der Waals surface area contributed by atoms with Crippen LogP contribution in [0.25, 0.3) is 0 Å². The van der Waals surface area contributed by atoms with Gasteiger partial charge in [0.1, 0.15) is 0 Å². The number of hydrogen-bond acceptors (Lipinski definition) is 5. The SMILES string of the molecule is COCCN(Cc1cccnc1)C(=O)Nc1ccc(N2CCOCC2)cc1C(F)(F)F. The van der Waals surface area contributed by atoms with E-state index in [0.717, 1.165) is 11.6 Å². The molecule has 2 aromatic rings. The number of morpholine rings is 1. The van der Waals surface area contributed by atoms with E-state index in [4.69, 9.17) is 9.47 Å². The summed E-state index contributed by atoms with van der Waals surface area (Å²) in [5, 5.41) is 2.42. The minimum absolute atomic E-state index is 0.191. The van der Waals surface area contributed by atoms with Gasteiger partial charge in [0.25, 0.3) is 0 Å². The molecule has 1 saturated heterocycles. The van der Waals surface area contributed by atoms with Crippen molar-refractivity contribution < 1.29 is 27.4 Å². The number of aromatic nitrogens is 1. The Balaban J connectivity index is 1.81. The maximum absolute atomic E-state index is 13.8. The summed E-state index contributed by atoms with van der Waals surface area (Å²) < 4.78 is 51.6. The Bertz CT molecular complexity index is 859. The number of halogens is 3. The van der Waals surface area contributed by atoms with Crippen molar-refractivity contribution in [2.45, 2.75) is 12.7 Å². The van der Waals surface area contributed by atoms with Crippen LogP contribution in [-0.4, -0.2) is 62.5 Å². The lowest BCUT2D eigenvalue weighted by Crippen LogP contribution is -2.37. The van der Waals surface area contributed by atoms with Gasteiger partial charge in [-0.05, 0) is 29.8 Å². The third-order valence-corrected chi connectivity index (χ3v) is 4.88. The number of benzene rings is 1. The molecule has 2 heterocycles. The number of alkyl halides is 3. The molecule has 0 atom stereocenters. The summed E-state index contributed by atoms with van der Waals surface area (Å²) >= 11 is 0. The maximum Gasteiger partial charge on any atom is 0.418 e. The van der Waals surface area contributed by atoms with E-state index in [0.29, 0.717) is 32.0 Å². The summed E-state index contributed by atoms with van der Waals surface area (Å²) in [6.07, 6.45) is -1.41. The number of carbonyl (C=O) groups is 1. The normalized spacial score (nSPS) is 14.4. The van der Waals surface area contributed by atoms with Crippen LogP contribution in [0.3, 0.4) is 0 Å². The number of ether oxygens (including phenoxy) is 2. The van der Waals surface area contributed by atoms with Crippen molar-refractivity contribution >= 4 is 17.4 Å². The van der Waals surface area contributed by atoms with Gasteiger partial charge in [0, 0.05) is 51.4 Å². The first-order chi connectivity index (χ1) is 14.9. The molecule has 0 bridgehead atoms. The van der Waals surface area contributed by atoms with Crippen molar-refractivity contribution in [2.24, 2.45) is 0 Å². The van der Waals surface area contributed by atoms with E-state index in [1.54, 1.807) is 30.6 Å². The molecule has 0 radical (unpaired) electrons. The number of urea groups is 1. The van der Waals surface area contributed by atoms with Crippen LogP contribution in [0.15, 0.2) is 42.7 Å². The summed E-state index contributed by atoms with van der Waals surface area (Å²) in [6.45, 7) is 2.60. The first-order valence-corrected chi connectivity index (χ1v) is 9.86. The maximum atomic E-state index is 13.8. The van der Waals surface area contributed by atoms with Crippen LogP contribution < -0.4 is 10.2 Å². The number of amides is 2. The molecule has 1 aliphatic heterocycles. The molecule has 0 aliphatic carbocycles. The monoisotopic (exact) mass is 438 g/mol. The van der Waals surface area contributed by atoms with Crippen molar-refractivity contribution in [1.82, 2.24) is 9.88 Å². The number of anilines is 2. The highest BCUT2D eigenvalue weighted by Crippen LogP contribution is 2.37. The molecule has 31 heavy (non-hydrogen) atoms. The molecular weight excluding hydrogens is 413 g/mol. The molecule has 7 nitrogen and oxygen atoms in total. The number of carbonyl (C=O) groups excluding carboxylic acids is 1. The predicted octanol–water partition coefficient (Wildman–Crippen LogP) is 3.62. The molecule has 3 rings (SSSR count). The van der Waals surface area contributed by atoms with Crippen LogP contribution in [0.5, 0.6) is 0 Å². The quantitative estimate of drug-likeness (QED) is 0.715. The van der Waals surface area contributed by atoms with E-state index in [-0.39, 0.29) is 25.4 Å². The lowest BCUT2D eigenvalue weighted by molar-refractivity contribution is -0.136. The van der Waals surface area contributed by atoms with Crippen molar-refractivity contribution in [3.8, 4) is 0 Å². The van der Waals surface area contributed by atoms with Crippen LogP contribution in [0.1, 0.15) is 11.1 Å². The fourth-order valence-electron chi connectivity index (χ4n) is 3.25. The van der Waals surface area contributed by atoms with Crippen LogP contribution >= 0.6 is 0 Å². The summed E-state index contributed by atoms with van der Waals surface area (Å²) in [7, 11) is 1.49. The predicted molar refractivity (Wildman–Crippen MR) is 110 cm³/mol. The van der Waals surface area contributed by atoms with Gasteiger partial charge in [0.15, 0.2) is 0 Å². The number of nitrogens with zero attached hydrogens (tertiary/aromatic N) is 3. The van der Waals surface area contributed by atoms with E-state index in [9.17, 15) is 18.0 Å². The molecule has 0 saturated carbocycles. The Labute approximate surface area is 178 Å². The van der Waals surface area contributed by atoms with Crippen molar-refractivity contribution in [1.29, 1.82) is 0 Å². The van der Waals surface area contributed by atoms with Crippen molar-refractivity contribution in [2.75, 3.05) is 56.8 Å². The zero-order valence-electron chi connectivity index (χ0n) is 17.2. The Morgan fingerprint density at radius 3 is 2.71 bits per heavy atom. The van der Waals surface area contributed by atoms with Crippen LogP contribution in [0.2, 0.25) is 0 Å². The minimum atomic E-state index is -4.62. The second kappa shape index (κ2) is 10.5. The number of rotatable bonds is 7. The summed E-state index contributed by atoms with van der Waals surface area (Å²) in [5.41, 5.74) is 0.0220. The van der Waals surface area contributed by atoms with Gasteiger partial charge in [0.05, 0.1) is 31.1 Å². The number of hydrogen-bond donors (Lipinski definition) is 1. The van der Waals surface area contributed by atoms with E-state index in [2.05, 4.69) is 10.3 Å². The molecule has 2 amide bonds. The molecule has 0 spiro atoms. The molecule has 0 unspecified atom stereocenters. The van der Waals surface area contributed by atoms with Crippen LogP contribution in [0.4, 0.5) is 29.3 Å². The second-order valence-electron chi connectivity index (χ2n) is 7.03. The highest BCUT2D eigenvalue weighted by atomic mass is 19.4. The van der Waals surface area contributed by atoms with Gasteiger partial charge in [-0.3, -0.25) is 4.98 Å². The largest absolute Gasteiger partial charge is 0.418 e. The van der Waals surface area contributed by atoms with Gasteiger partial charge in [-0.2, -0.15) is 13.2 Å². The van der Waals surface area contributed by atoms with Crippen LogP contribution in [-0.2, 0) is 22.2 Å². The fraction of sp³-hybridized carbons (Fsp3) is 0.429. The topological polar surface area (TPSA) is 66.9 Å². The average molecular weight is 438 g/mol. The smallest absolute Gasteiger partial charge is 0.383 e. The van der Waals surface area contributed by atoms with E-state index in [1.165, 1.54) is 18.1 Å². The zero-order chi connectivity index (χ0) is 22.3. The van der Waals surface area contributed by atoms with Crippen molar-refractivity contribution in [3.63, 3.8) is 0 Å². The highest BCUT2D eigenvalue weighted by Gasteiger charge is 2.35.